The quantitative estimate of drug-likeness (QED) is 0.939. The van der Waals surface area contributed by atoms with Crippen LogP contribution in [0.4, 0.5) is 14.5 Å². The fraction of sp³-hybridized carbons (Fsp3) is 0. The molecule has 8 heteroatoms. The second kappa shape index (κ2) is 5.68. The molecular weight excluding hydrogens is 322 g/mol. The van der Waals surface area contributed by atoms with E-state index in [1.165, 1.54) is 24.3 Å². The van der Waals surface area contributed by atoms with Crippen LogP contribution >= 0.6 is 11.6 Å². The minimum absolute atomic E-state index is 0.243. The highest BCUT2D eigenvalue weighted by molar-refractivity contribution is 7.92. The summed E-state index contributed by atoms with van der Waals surface area (Å²) in [6.07, 6.45) is 0. The van der Waals surface area contributed by atoms with Crippen molar-refractivity contribution < 1.29 is 17.2 Å². The first kappa shape index (κ1) is 15.2. The molecule has 21 heavy (non-hydrogen) atoms. The molecule has 2 aromatic rings. The van der Waals surface area contributed by atoms with Crippen molar-refractivity contribution in [3.63, 3.8) is 0 Å². The number of anilines is 1. The molecule has 0 saturated heterocycles. The SMILES string of the molecule is N#Cc1cc(S(=O)(=O)Nc2cccc(Cl)c2F)ccc1F. The number of nitrogens with zero attached hydrogens (tertiary/aromatic N) is 1. The van der Waals surface area contributed by atoms with Crippen molar-refractivity contribution >= 4 is 27.3 Å². The monoisotopic (exact) mass is 328 g/mol. The topological polar surface area (TPSA) is 70.0 Å². The molecule has 0 saturated carbocycles. The highest BCUT2D eigenvalue weighted by Gasteiger charge is 2.19. The van der Waals surface area contributed by atoms with Crippen LogP contribution in [0.1, 0.15) is 5.56 Å². The van der Waals surface area contributed by atoms with Crippen LogP contribution in [-0.2, 0) is 10.0 Å². The van der Waals surface area contributed by atoms with Gasteiger partial charge < -0.3 is 0 Å². The summed E-state index contributed by atoms with van der Waals surface area (Å²) in [6.45, 7) is 0. The van der Waals surface area contributed by atoms with Crippen molar-refractivity contribution in [2.24, 2.45) is 0 Å². The first-order chi connectivity index (χ1) is 9.85. The Morgan fingerprint density at radius 1 is 1.19 bits per heavy atom. The van der Waals surface area contributed by atoms with Crippen molar-refractivity contribution in [2.75, 3.05) is 4.72 Å². The van der Waals surface area contributed by atoms with Crippen molar-refractivity contribution in [1.29, 1.82) is 5.26 Å². The number of nitriles is 1. The molecule has 0 aliphatic carbocycles. The van der Waals surface area contributed by atoms with E-state index >= 15 is 0 Å². The van der Waals surface area contributed by atoms with Gasteiger partial charge >= 0.3 is 0 Å². The third-order valence-electron chi connectivity index (χ3n) is 2.56. The highest BCUT2D eigenvalue weighted by Crippen LogP contribution is 2.25. The van der Waals surface area contributed by atoms with E-state index < -0.39 is 27.2 Å². The Kier molecular flexibility index (Phi) is 4.11. The van der Waals surface area contributed by atoms with Gasteiger partial charge in [0.25, 0.3) is 10.0 Å². The molecule has 2 rings (SSSR count). The van der Waals surface area contributed by atoms with Crippen molar-refractivity contribution in [1.82, 2.24) is 0 Å². The van der Waals surface area contributed by atoms with Gasteiger partial charge in [-0.2, -0.15) is 5.26 Å². The number of hydrogen-bond acceptors (Lipinski definition) is 3. The molecule has 0 bridgehead atoms. The Labute approximate surface area is 124 Å². The Balaban J connectivity index is 2.44. The van der Waals surface area contributed by atoms with Crippen LogP contribution in [0, 0.1) is 23.0 Å². The fourth-order valence-electron chi connectivity index (χ4n) is 1.54. The van der Waals surface area contributed by atoms with Crippen molar-refractivity contribution in [3.05, 3.63) is 58.6 Å². The molecule has 2 aromatic carbocycles. The predicted molar refractivity (Wildman–Crippen MR) is 73.3 cm³/mol. The molecule has 0 aromatic heterocycles. The van der Waals surface area contributed by atoms with E-state index in [1.807, 2.05) is 4.72 Å². The summed E-state index contributed by atoms with van der Waals surface area (Å²) < 4.78 is 53.1. The molecular formula is C13H7ClF2N2O2S. The van der Waals surface area contributed by atoms with Crippen LogP contribution in [0.15, 0.2) is 41.3 Å². The van der Waals surface area contributed by atoms with E-state index in [-0.39, 0.29) is 15.6 Å². The van der Waals surface area contributed by atoms with Gasteiger partial charge in [-0.3, -0.25) is 4.72 Å². The zero-order valence-electron chi connectivity index (χ0n) is 10.3. The zero-order valence-corrected chi connectivity index (χ0v) is 11.8. The first-order valence-electron chi connectivity index (χ1n) is 5.51. The van der Waals surface area contributed by atoms with Gasteiger partial charge in [-0.15, -0.1) is 0 Å². The summed E-state index contributed by atoms with van der Waals surface area (Å²) in [5.74, 6) is -1.77. The molecule has 0 aliphatic rings. The molecule has 0 unspecified atom stereocenters. The van der Waals surface area contributed by atoms with Crippen LogP contribution in [0.5, 0.6) is 0 Å². The summed E-state index contributed by atoms with van der Waals surface area (Å²) >= 11 is 5.55. The van der Waals surface area contributed by atoms with Crippen LogP contribution in [0.25, 0.3) is 0 Å². The zero-order chi connectivity index (χ0) is 15.6. The van der Waals surface area contributed by atoms with Crippen LogP contribution in [-0.4, -0.2) is 8.42 Å². The van der Waals surface area contributed by atoms with Gasteiger partial charge in [-0.05, 0) is 30.3 Å². The average Bonchev–Trinajstić information content (AvgIpc) is 2.44. The standard InChI is InChI=1S/C13H7ClF2N2O2S/c14-10-2-1-3-12(13(10)16)18-21(19,20)9-4-5-11(15)8(6-9)7-17/h1-6,18H. The van der Waals surface area contributed by atoms with E-state index in [1.54, 1.807) is 0 Å². The third-order valence-corrected chi connectivity index (χ3v) is 4.22. The molecule has 0 aliphatic heterocycles. The smallest absolute Gasteiger partial charge is 0.262 e. The molecule has 0 spiro atoms. The third kappa shape index (κ3) is 3.12. The maximum atomic E-state index is 13.7. The number of rotatable bonds is 3. The molecule has 0 heterocycles. The Morgan fingerprint density at radius 3 is 2.57 bits per heavy atom. The van der Waals surface area contributed by atoms with E-state index in [0.717, 1.165) is 18.2 Å². The molecule has 0 amide bonds. The minimum atomic E-state index is -4.17. The second-order valence-electron chi connectivity index (χ2n) is 3.96. The molecule has 0 atom stereocenters. The normalized spacial score (nSPS) is 11.0. The molecule has 0 radical (unpaired) electrons. The van der Waals surface area contributed by atoms with Gasteiger partial charge in [0, 0.05) is 0 Å². The minimum Gasteiger partial charge on any atom is -0.277 e. The van der Waals surface area contributed by atoms with E-state index in [4.69, 9.17) is 16.9 Å². The number of sulfonamides is 1. The largest absolute Gasteiger partial charge is 0.277 e. The number of halogens is 3. The lowest BCUT2D eigenvalue weighted by molar-refractivity contribution is 0.597. The van der Waals surface area contributed by atoms with Gasteiger partial charge in [0.1, 0.15) is 11.9 Å². The first-order valence-corrected chi connectivity index (χ1v) is 7.38. The van der Waals surface area contributed by atoms with Gasteiger partial charge in [0.2, 0.25) is 0 Å². The van der Waals surface area contributed by atoms with E-state index in [2.05, 4.69) is 0 Å². The molecule has 4 nitrogen and oxygen atoms in total. The summed E-state index contributed by atoms with van der Waals surface area (Å²) in [7, 11) is -4.17. The average molecular weight is 329 g/mol. The van der Waals surface area contributed by atoms with Gasteiger partial charge in [0.15, 0.2) is 5.82 Å². The summed E-state index contributed by atoms with van der Waals surface area (Å²) in [6, 6.07) is 8.03. The molecule has 1 N–H and O–H groups in total. The van der Waals surface area contributed by atoms with E-state index in [0.29, 0.717) is 0 Å². The lowest BCUT2D eigenvalue weighted by atomic mass is 10.2. The van der Waals surface area contributed by atoms with Crippen molar-refractivity contribution in [2.45, 2.75) is 4.90 Å². The number of benzene rings is 2. The van der Waals surface area contributed by atoms with Gasteiger partial charge in [-0.1, -0.05) is 17.7 Å². The lowest BCUT2D eigenvalue weighted by Crippen LogP contribution is -2.14. The Bertz CT molecular complexity index is 848. The lowest BCUT2D eigenvalue weighted by Gasteiger charge is -2.10. The van der Waals surface area contributed by atoms with Crippen LogP contribution in [0.2, 0.25) is 5.02 Å². The maximum Gasteiger partial charge on any atom is 0.262 e. The number of nitrogens with one attached hydrogen (secondary N) is 1. The molecule has 0 fully saturated rings. The Hall–Kier alpha value is -2.17. The van der Waals surface area contributed by atoms with Crippen LogP contribution in [0.3, 0.4) is 0 Å². The fourth-order valence-corrected chi connectivity index (χ4v) is 2.80. The van der Waals surface area contributed by atoms with Gasteiger partial charge in [-0.25, -0.2) is 17.2 Å². The van der Waals surface area contributed by atoms with Gasteiger partial charge in [0.05, 0.1) is 21.2 Å². The summed E-state index contributed by atoms with van der Waals surface area (Å²) in [5.41, 5.74) is -0.769. The number of hydrogen-bond donors (Lipinski definition) is 1. The maximum absolute atomic E-state index is 13.7. The van der Waals surface area contributed by atoms with E-state index in [9.17, 15) is 17.2 Å². The summed E-state index contributed by atoms with van der Waals surface area (Å²) in [4.78, 5) is -0.361. The predicted octanol–water partition coefficient (Wildman–Crippen LogP) is 3.29. The second-order valence-corrected chi connectivity index (χ2v) is 6.05. The molecule has 108 valence electrons. The highest BCUT2D eigenvalue weighted by atomic mass is 35.5. The summed E-state index contributed by atoms with van der Waals surface area (Å²) in [5, 5.41) is 8.45. The Morgan fingerprint density at radius 2 is 1.90 bits per heavy atom. The van der Waals surface area contributed by atoms with Crippen LogP contribution < -0.4 is 4.72 Å². The van der Waals surface area contributed by atoms with Crippen molar-refractivity contribution in [3.8, 4) is 6.07 Å².